The van der Waals surface area contributed by atoms with E-state index in [0.717, 1.165) is 34.5 Å². The summed E-state index contributed by atoms with van der Waals surface area (Å²) in [6, 6.07) is 29.5. The highest BCUT2D eigenvalue weighted by atomic mass is 16.5. The third-order valence-corrected chi connectivity index (χ3v) is 5.69. The van der Waals surface area contributed by atoms with Crippen LogP contribution in [0, 0.1) is 0 Å². The van der Waals surface area contributed by atoms with Gasteiger partial charge in [0.2, 0.25) is 0 Å². The number of rotatable bonds is 12. The van der Waals surface area contributed by atoms with Gasteiger partial charge < -0.3 is 24.1 Å². The summed E-state index contributed by atoms with van der Waals surface area (Å²) in [4.78, 5) is 22.2. The normalized spacial score (nSPS) is 10.2. The Hall–Kier alpha value is -4.46. The molecule has 0 aromatic heterocycles. The molecule has 0 aliphatic rings. The molecule has 4 aromatic rings. The minimum Gasteiger partial charge on any atom is -0.491 e. The van der Waals surface area contributed by atoms with Crippen LogP contribution in [0.25, 0.3) is 22.3 Å². The van der Waals surface area contributed by atoms with Crippen LogP contribution in [0.5, 0.6) is 11.5 Å². The largest absolute Gasteiger partial charge is 0.491 e. The summed E-state index contributed by atoms with van der Waals surface area (Å²) in [5.41, 5.74) is 4.46. The number of hydrogen-bond acceptors (Lipinski definition) is 6. The fraction of sp³-hybridized carbons (Fsp3) is 0.188. The summed E-state index contributed by atoms with van der Waals surface area (Å²) in [6.07, 6.45) is 0.873. The molecule has 7 heteroatoms. The molecule has 0 amide bonds. The molecule has 0 spiro atoms. The van der Waals surface area contributed by atoms with Crippen LogP contribution in [-0.2, 0) is 9.47 Å². The van der Waals surface area contributed by atoms with Gasteiger partial charge in [-0.15, -0.1) is 0 Å². The number of benzene rings is 4. The number of methoxy groups -OCH3 is 2. The molecule has 39 heavy (non-hydrogen) atoms. The van der Waals surface area contributed by atoms with Gasteiger partial charge in [0, 0.05) is 19.8 Å². The third-order valence-electron chi connectivity index (χ3n) is 5.69. The van der Waals surface area contributed by atoms with Gasteiger partial charge in [0.1, 0.15) is 24.7 Å². The maximum atomic E-state index is 11.2. The monoisotopic (exact) mass is 528 g/mol. The molecule has 0 heterocycles. The minimum atomic E-state index is -0.930. The summed E-state index contributed by atoms with van der Waals surface area (Å²) in [5, 5.41) is 9.19. The number of ether oxygens (including phenoxy) is 4. The molecule has 7 nitrogen and oxygen atoms in total. The number of aromatic carboxylic acids is 1. The average molecular weight is 529 g/mol. The molecule has 0 saturated carbocycles. The Kier molecular flexibility index (Phi) is 11.7. The lowest BCUT2D eigenvalue weighted by atomic mass is 10.00. The van der Waals surface area contributed by atoms with E-state index in [1.54, 1.807) is 32.4 Å². The second kappa shape index (κ2) is 15.7. The first kappa shape index (κ1) is 29.1. The van der Waals surface area contributed by atoms with Crippen molar-refractivity contribution in [1.82, 2.24) is 0 Å². The summed E-state index contributed by atoms with van der Waals surface area (Å²) in [7, 11) is 3.26. The zero-order valence-corrected chi connectivity index (χ0v) is 22.0. The van der Waals surface area contributed by atoms with Gasteiger partial charge in [-0.3, -0.25) is 4.79 Å². The van der Waals surface area contributed by atoms with Crippen LogP contribution in [0.3, 0.4) is 0 Å². The van der Waals surface area contributed by atoms with E-state index in [-0.39, 0.29) is 0 Å². The van der Waals surface area contributed by atoms with E-state index >= 15 is 0 Å². The van der Waals surface area contributed by atoms with Crippen LogP contribution in [0.4, 0.5) is 0 Å². The van der Waals surface area contributed by atoms with Crippen molar-refractivity contribution >= 4 is 12.3 Å². The highest BCUT2D eigenvalue weighted by Gasteiger charge is 2.10. The van der Waals surface area contributed by atoms with Crippen molar-refractivity contribution in [3.8, 4) is 33.8 Å². The number of carboxylic acids is 1. The molecule has 0 aliphatic heterocycles. The van der Waals surface area contributed by atoms with Crippen molar-refractivity contribution in [2.24, 2.45) is 0 Å². The van der Waals surface area contributed by atoms with Gasteiger partial charge >= 0.3 is 5.97 Å². The fourth-order valence-corrected chi connectivity index (χ4v) is 3.73. The quantitative estimate of drug-likeness (QED) is 0.171. The molecule has 0 atom stereocenters. The zero-order chi connectivity index (χ0) is 27.9. The Morgan fingerprint density at radius 2 is 1.10 bits per heavy atom. The van der Waals surface area contributed by atoms with Crippen LogP contribution >= 0.6 is 0 Å². The van der Waals surface area contributed by atoms with Crippen molar-refractivity contribution in [3.63, 3.8) is 0 Å². The second-order valence-electron chi connectivity index (χ2n) is 8.29. The van der Waals surface area contributed by atoms with Crippen molar-refractivity contribution in [2.45, 2.75) is 0 Å². The maximum absolute atomic E-state index is 11.2. The molecule has 4 aromatic carbocycles. The lowest BCUT2D eigenvalue weighted by Gasteiger charge is -2.08. The molecule has 0 unspecified atom stereocenters. The fourth-order valence-electron chi connectivity index (χ4n) is 3.73. The van der Waals surface area contributed by atoms with Crippen LogP contribution in [0.15, 0.2) is 97.1 Å². The Labute approximate surface area is 228 Å². The number of hydrogen-bond donors (Lipinski definition) is 1. The summed E-state index contributed by atoms with van der Waals surface area (Å²) in [6.45, 7) is 2.11. The number of carboxylic acid groups (broad SMARTS) is 1. The minimum absolute atomic E-state index is 0.292. The van der Waals surface area contributed by atoms with Crippen molar-refractivity contribution in [2.75, 3.05) is 40.6 Å². The van der Waals surface area contributed by atoms with Crippen molar-refractivity contribution in [3.05, 3.63) is 108 Å². The predicted octanol–water partition coefficient (Wildman–Crippen LogP) is 6.27. The molecule has 0 saturated heterocycles. The highest BCUT2D eigenvalue weighted by Crippen LogP contribution is 2.26. The van der Waals surface area contributed by atoms with E-state index in [9.17, 15) is 14.7 Å². The molecule has 202 valence electrons. The Morgan fingerprint density at radius 3 is 1.59 bits per heavy atom. The van der Waals surface area contributed by atoms with Gasteiger partial charge in [-0.05, 0) is 52.6 Å². The molecule has 1 N–H and O–H groups in total. The van der Waals surface area contributed by atoms with E-state index in [2.05, 4.69) is 0 Å². The number of aldehydes is 1. The third kappa shape index (κ3) is 8.81. The Morgan fingerprint density at radius 1 is 0.641 bits per heavy atom. The molecular formula is C32H32O7. The molecule has 0 radical (unpaired) electrons. The number of carbonyl (C=O) groups is 2. The van der Waals surface area contributed by atoms with E-state index < -0.39 is 5.97 Å². The smallest absolute Gasteiger partial charge is 0.336 e. The lowest BCUT2D eigenvalue weighted by Crippen LogP contribution is -2.04. The zero-order valence-electron chi connectivity index (χ0n) is 22.0. The summed E-state index contributed by atoms with van der Waals surface area (Å²) < 4.78 is 20.8. The number of carbonyl (C=O) groups excluding carboxylic acids is 1. The summed E-state index contributed by atoms with van der Waals surface area (Å²) in [5.74, 6) is 0.601. The lowest BCUT2D eigenvalue weighted by molar-refractivity contribution is 0.0697. The van der Waals surface area contributed by atoms with Gasteiger partial charge in [0.25, 0.3) is 0 Å². The van der Waals surface area contributed by atoms with Gasteiger partial charge in [0.15, 0.2) is 6.29 Å². The van der Waals surface area contributed by atoms with E-state index in [1.165, 1.54) is 0 Å². The molecule has 0 bridgehead atoms. The molecule has 0 fully saturated rings. The van der Waals surface area contributed by atoms with Gasteiger partial charge in [-0.1, -0.05) is 66.7 Å². The topological polar surface area (TPSA) is 91.3 Å². The van der Waals surface area contributed by atoms with Crippen LogP contribution in [0.2, 0.25) is 0 Å². The van der Waals surface area contributed by atoms with Gasteiger partial charge in [-0.25, -0.2) is 4.79 Å². The molecule has 0 aliphatic carbocycles. The molecule has 4 rings (SSSR count). The van der Waals surface area contributed by atoms with Crippen molar-refractivity contribution in [1.29, 1.82) is 0 Å². The first-order chi connectivity index (χ1) is 19.1. The van der Waals surface area contributed by atoms with E-state index in [0.29, 0.717) is 43.1 Å². The van der Waals surface area contributed by atoms with Gasteiger partial charge in [-0.2, -0.15) is 0 Å². The Balaban J connectivity index is 0.000000216. The van der Waals surface area contributed by atoms with Crippen molar-refractivity contribution < 1.29 is 33.6 Å². The van der Waals surface area contributed by atoms with Crippen LogP contribution in [-0.4, -0.2) is 58.0 Å². The predicted molar refractivity (Wildman–Crippen MR) is 151 cm³/mol. The van der Waals surface area contributed by atoms with E-state index in [1.807, 2.05) is 78.9 Å². The van der Waals surface area contributed by atoms with Gasteiger partial charge in [0.05, 0.1) is 18.8 Å². The standard InChI is InChI=1S/C16H16O4.C16H16O3/c1-19-10-11-20-13-8-6-12(7-9-13)14-4-2-3-5-15(14)16(17)18;1-18-10-11-19-15-8-6-13(7-9-15)16-5-3-2-4-14(16)12-17/h2-9H,10-11H2,1H3,(H,17,18);2-9,12H,10-11H2,1H3. The maximum Gasteiger partial charge on any atom is 0.336 e. The first-order valence-electron chi connectivity index (χ1n) is 12.4. The average Bonchev–Trinajstić information content (AvgIpc) is 2.98. The highest BCUT2D eigenvalue weighted by molar-refractivity contribution is 5.96. The molecular weight excluding hydrogens is 496 g/mol. The second-order valence-corrected chi connectivity index (χ2v) is 8.29. The summed E-state index contributed by atoms with van der Waals surface area (Å²) >= 11 is 0. The van der Waals surface area contributed by atoms with E-state index in [4.69, 9.17) is 18.9 Å². The Bertz CT molecular complexity index is 1320. The first-order valence-corrected chi connectivity index (χ1v) is 12.4. The van der Waals surface area contributed by atoms with Crippen LogP contribution < -0.4 is 9.47 Å². The SMILES string of the molecule is COCCOc1ccc(-c2ccccc2C(=O)O)cc1.COCCOc1ccc(-c2ccccc2C=O)cc1. The van der Waals surface area contributed by atoms with Crippen LogP contribution in [0.1, 0.15) is 20.7 Å².